The van der Waals surface area contributed by atoms with Crippen molar-refractivity contribution < 1.29 is 4.92 Å². The van der Waals surface area contributed by atoms with E-state index in [-0.39, 0.29) is 16.5 Å². The van der Waals surface area contributed by atoms with Crippen molar-refractivity contribution in [3.63, 3.8) is 0 Å². The highest BCUT2D eigenvalue weighted by Gasteiger charge is 2.12. The molecule has 4 heteroatoms. The van der Waals surface area contributed by atoms with Crippen molar-refractivity contribution >= 4 is 5.71 Å². The molecule has 0 radical (unpaired) electrons. The van der Waals surface area contributed by atoms with E-state index in [0.29, 0.717) is 5.92 Å². The van der Waals surface area contributed by atoms with Crippen LogP contribution in [0.4, 0.5) is 0 Å². The van der Waals surface area contributed by atoms with Crippen LogP contribution in [-0.4, -0.2) is 10.6 Å². The Bertz CT molecular complexity index is 552. The van der Waals surface area contributed by atoms with Crippen LogP contribution in [0.2, 0.25) is 0 Å². The summed E-state index contributed by atoms with van der Waals surface area (Å²) in [5, 5.41) is 10.8. The molecule has 1 aliphatic rings. The molecule has 0 saturated heterocycles. The van der Waals surface area contributed by atoms with E-state index in [2.05, 4.69) is 26.8 Å². The summed E-state index contributed by atoms with van der Waals surface area (Å²) in [7, 11) is 0. The molecule has 1 rings (SSSR count). The standard InChI is InChI=1S/C19H28N2O2/c1-5-17(6-2)20-18(14-15(3)4)12-10-16-8-7-9-19(13-11-16)21(22)23/h5,7-9,11,13,15-16H,6,10,12,14H2,1-4H3/b17-5-,20-18?. The normalized spacial score (nSPS) is 19.0. The van der Waals surface area contributed by atoms with Gasteiger partial charge in [-0.2, -0.15) is 0 Å². The monoisotopic (exact) mass is 316 g/mol. The first-order chi connectivity index (χ1) is 11.0. The fourth-order valence-electron chi connectivity index (χ4n) is 2.51. The Kier molecular flexibility index (Phi) is 8.23. The second-order valence-electron chi connectivity index (χ2n) is 6.20. The van der Waals surface area contributed by atoms with Gasteiger partial charge in [-0.25, -0.2) is 0 Å². The molecule has 23 heavy (non-hydrogen) atoms. The van der Waals surface area contributed by atoms with Crippen molar-refractivity contribution in [2.45, 2.75) is 53.4 Å². The molecule has 1 unspecified atom stereocenters. The van der Waals surface area contributed by atoms with E-state index < -0.39 is 0 Å². The van der Waals surface area contributed by atoms with Gasteiger partial charge in [-0.05, 0) is 44.4 Å². The summed E-state index contributed by atoms with van der Waals surface area (Å²) in [6.45, 7) is 8.55. The van der Waals surface area contributed by atoms with Gasteiger partial charge in [0.1, 0.15) is 0 Å². The zero-order chi connectivity index (χ0) is 17.2. The van der Waals surface area contributed by atoms with Gasteiger partial charge >= 0.3 is 0 Å². The average molecular weight is 316 g/mol. The molecule has 0 aromatic carbocycles. The summed E-state index contributed by atoms with van der Waals surface area (Å²) >= 11 is 0. The van der Waals surface area contributed by atoms with Gasteiger partial charge in [0.05, 0.1) is 4.92 Å². The van der Waals surface area contributed by atoms with Gasteiger partial charge < -0.3 is 0 Å². The van der Waals surface area contributed by atoms with Gasteiger partial charge in [-0.3, -0.25) is 15.1 Å². The Hall–Kier alpha value is -1.97. The van der Waals surface area contributed by atoms with Crippen LogP contribution in [0.1, 0.15) is 53.4 Å². The predicted molar refractivity (Wildman–Crippen MR) is 97.0 cm³/mol. The highest BCUT2D eigenvalue weighted by Crippen LogP contribution is 2.19. The number of nitro groups is 1. The first-order valence-corrected chi connectivity index (χ1v) is 8.38. The SMILES string of the molecule is C/C=C(/CC)N=C(CCC1C=CC=C([N+](=O)[O-])C=C1)CC(C)C. The Balaban J connectivity index is 2.72. The second kappa shape index (κ2) is 9.93. The lowest BCUT2D eigenvalue weighted by Crippen LogP contribution is -2.06. The molecule has 4 nitrogen and oxygen atoms in total. The number of rotatable bonds is 8. The zero-order valence-corrected chi connectivity index (χ0v) is 14.7. The van der Waals surface area contributed by atoms with Gasteiger partial charge in [-0.15, -0.1) is 0 Å². The number of nitrogens with zero attached hydrogens (tertiary/aromatic N) is 2. The van der Waals surface area contributed by atoms with Crippen LogP contribution in [0.25, 0.3) is 0 Å². The predicted octanol–water partition coefficient (Wildman–Crippen LogP) is 5.47. The van der Waals surface area contributed by atoms with E-state index in [4.69, 9.17) is 4.99 Å². The Morgan fingerprint density at radius 2 is 2.17 bits per heavy atom. The number of hydrogen-bond acceptors (Lipinski definition) is 3. The topological polar surface area (TPSA) is 55.5 Å². The number of aliphatic imine (C=N–C) groups is 1. The fraction of sp³-hybridized carbons (Fsp3) is 0.526. The molecule has 0 bridgehead atoms. The van der Waals surface area contributed by atoms with Crippen LogP contribution >= 0.6 is 0 Å². The fourth-order valence-corrected chi connectivity index (χ4v) is 2.51. The molecular formula is C19H28N2O2. The van der Waals surface area contributed by atoms with Crippen LogP contribution in [0, 0.1) is 22.0 Å². The number of allylic oxidation sites excluding steroid dienone is 7. The summed E-state index contributed by atoms with van der Waals surface area (Å²) in [6, 6.07) is 0. The van der Waals surface area contributed by atoms with Gasteiger partial charge in [0, 0.05) is 23.6 Å². The summed E-state index contributed by atoms with van der Waals surface area (Å²) in [5.74, 6) is 0.795. The highest BCUT2D eigenvalue weighted by atomic mass is 16.6. The van der Waals surface area contributed by atoms with Crippen molar-refractivity contribution in [3.8, 4) is 0 Å². The first-order valence-electron chi connectivity index (χ1n) is 8.38. The molecular weight excluding hydrogens is 288 g/mol. The molecule has 1 atom stereocenters. The lowest BCUT2D eigenvalue weighted by atomic mass is 9.96. The summed E-state index contributed by atoms with van der Waals surface area (Å²) in [5.41, 5.74) is 2.50. The maximum absolute atomic E-state index is 10.8. The van der Waals surface area contributed by atoms with Crippen molar-refractivity contribution in [1.29, 1.82) is 0 Å². The van der Waals surface area contributed by atoms with E-state index >= 15 is 0 Å². The molecule has 0 amide bonds. The van der Waals surface area contributed by atoms with Crippen molar-refractivity contribution in [1.82, 2.24) is 0 Å². The molecule has 0 aliphatic heterocycles. The third-order valence-corrected chi connectivity index (χ3v) is 3.76. The average Bonchev–Trinajstić information content (AvgIpc) is 2.75. The smallest absolute Gasteiger partial charge is 0.263 e. The van der Waals surface area contributed by atoms with Crippen LogP contribution in [0.5, 0.6) is 0 Å². The van der Waals surface area contributed by atoms with E-state index in [1.165, 1.54) is 5.71 Å². The highest BCUT2D eigenvalue weighted by molar-refractivity contribution is 5.85. The van der Waals surface area contributed by atoms with Gasteiger partial charge in [0.25, 0.3) is 5.70 Å². The van der Waals surface area contributed by atoms with Gasteiger partial charge in [-0.1, -0.05) is 45.1 Å². The minimum absolute atomic E-state index is 0.141. The zero-order valence-electron chi connectivity index (χ0n) is 14.7. The molecule has 0 spiro atoms. The largest absolute Gasteiger partial charge is 0.269 e. The first kappa shape index (κ1) is 19.1. The van der Waals surface area contributed by atoms with Gasteiger partial charge in [0.15, 0.2) is 0 Å². The molecule has 1 aliphatic carbocycles. The summed E-state index contributed by atoms with van der Waals surface area (Å²) in [4.78, 5) is 15.3. The van der Waals surface area contributed by atoms with Crippen LogP contribution in [0.15, 0.2) is 52.8 Å². The summed E-state index contributed by atoms with van der Waals surface area (Å²) in [6.07, 6.45) is 14.7. The second-order valence-corrected chi connectivity index (χ2v) is 6.20. The molecule has 0 aromatic rings. The maximum atomic E-state index is 10.8. The molecule has 0 heterocycles. The number of hydrogen-bond donors (Lipinski definition) is 0. The quantitative estimate of drug-likeness (QED) is 0.338. The van der Waals surface area contributed by atoms with Crippen molar-refractivity contribution in [2.24, 2.45) is 16.8 Å². The van der Waals surface area contributed by atoms with Crippen LogP contribution in [0.3, 0.4) is 0 Å². The molecule has 0 fully saturated rings. The molecule has 126 valence electrons. The lowest BCUT2D eigenvalue weighted by molar-refractivity contribution is -0.419. The van der Waals surface area contributed by atoms with Crippen molar-refractivity contribution in [2.75, 3.05) is 0 Å². The molecule has 0 N–H and O–H groups in total. The molecule has 0 aromatic heterocycles. The Morgan fingerprint density at radius 3 is 2.74 bits per heavy atom. The van der Waals surface area contributed by atoms with Crippen molar-refractivity contribution in [3.05, 3.63) is 58.0 Å². The Morgan fingerprint density at radius 1 is 1.43 bits per heavy atom. The van der Waals surface area contributed by atoms with E-state index in [0.717, 1.165) is 31.4 Å². The van der Waals surface area contributed by atoms with Crippen LogP contribution < -0.4 is 0 Å². The van der Waals surface area contributed by atoms with Crippen LogP contribution in [-0.2, 0) is 0 Å². The third kappa shape index (κ3) is 7.22. The minimum Gasteiger partial charge on any atom is -0.263 e. The van der Waals surface area contributed by atoms with E-state index in [1.54, 1.807) is 18.2 Å². The Labute approximate surface area is 139 Å². The lowest BCUT2D eigenvalue weighted by Gasteiger charge is -2.12. The maximum Gasteiger partial charge on any atom is 0.269 e. The third-order valence-electron chi connectivity index (χ3n) is 3.76. The molecule has 0 saturated carbocycles. The van der Waals surface area contributed by atoms with Gasteiger partial charge in [0.2, 0.25) is 0 Å². The summed E-state index contributed by atoms with van der Waals surface area (Å²) < 4.78 is 0. The van der Waals surface area contributed by atoms with E-state index in [1.807, 2.05) is 19.1 Å². The minimum atomic E-state index is -0.353. The van der Waals surface area contributed by atoms with E-state index in [9.17, 15) is 10.1 Å².